The van der Waals surface area contributed by atoms with Gasteiger partial charge in [0.1, 0.15) is 0 Å². The average Bonchev–Trinajstić information content (AvgIpc) is 2.37. The highest BCUT2D eigenvalue weighted by atomic mass is 16.4. The van der Waals surface area contributed by atoms with Gasteiger partial charge in [-0.05, 0) is 38.3 Å². The van der Waals surface area contributed by atoms with E-state index in [2.05, 4.69) is 10.3 Å². The van der Waals surface area contributed by atoms with Crippen LogP contribution in [-0.4, -0.2) is 28.0 Å². The van der Waals surface area contributed by atoms with Crippen LogP contribution in [0.2, 0.25) is 0 Å². The lowest BCUT2D eigenvalue weighted by Gasteiger charge is -2.13. The first kappa shape index (κ1) is 15.1. The number of hydrogen-bond donors (Lipinski definition) is 2. The Bertz CT molecular complexity index is 406. The van der Waals surface area contributed by atoms with Crippen molar-refractivity contribution >= 4 is 11.9 Å². The molecule has 0 aliphatic rings. The van der Waals surface area contributed by atoms with Gasteiger partial charge >= 0.3 is 5.97 Å². The van der Waals surface area contributed by atoms with Gasteiger partial charge in [0.25, 0.3) is 0 Å². The van der Waals surface area contributed by atoms with Gasteiger partial charge in [0.15, 0.2) is 0 Å². The number of hydrogen-bond acceptors (Lipinski definition) is 3. The van der Waals surface area contributed by atoms with E-state index in [4.69, 9.17) is 5.11 Å². The van der Waals surface area contributed by atoms with E-state index >= 15 is 0 Å². The number of carboxylic acid groups (broad SMARTS) is 1. The van der Waals surface area contributed by atoms with Crippen molar-refractivity contribution in [3.05, 3.63) is 30.1 Å². The van der Waals surface area contributed by atoms with Crippen LogP contribution in [0.1, 0.15) is 38.3 Å². The third-order valence-corrected chi connectivity index (χ3v) is 2.77. The normalized spacial score (nSPS) is 11.8. The number of aryl methyl sites for hydroxylation is 1. The minimum atomic E-state index is -0.798. The predicted octanol–water partition coefficient (Wildman–Crippen LogP) is 1.77. The number of nitrogens with zero attached hydrogens (tertiary/aromatic N) is 1. The van der Waals surface area contributed by atoms with E-state index in [0.29, 0.717) is 25.7 Å². The number of pyridine rings is 1. The summed E-state index contributed by atoms with van der Waals surface area (Å²) in [5.41, 5.74) is 0.899. The molecule has 1 aromatic rings. The highest BCUT2D eigenvalue weighted by Gasteiger charge is 2.08. The third kappa shape index (κ3) is 7.18. The molecule has 0 radical (unpaired) electrons. The standard InChI is InChI=1S/C14H20N2O3/c1-11(5-4-7-14(18)19)16-13(17)9-8-12-6-2-3-10-15-12/h2-3,6,10-11H,4-5,7-9H2,1H3,(H,16,17)(H,18,19). The molecule has 1 atom stereocenters. The minimum Gasteiger partial charge on any atom is -0.481 e. The molecule has 5 heteroatoms. The number of aromatic nitrogens is 1. The van der Waals surface area contributed by atoms with Gasteiger partial charge in [-0.1, -0.05) is 6.07 Å². The molecular weight excluding hydrogens is 244 g/mol. The quantitative estimate of drug-likeness (QED) is 0.750. The van der Waals surface area contributed by atoms with Crippen molar-refractivity contribution in [2.45, 2.75) is 45.1 Å². The molecule has 0 aromatic carbocycles. The molecule has 0 saturated heterocycles. The van der Waals surface area contributed by atoms with Crippen LogP contribution in [0, 0.1) is 0 Å². The third-order valence-electron chi connectivity index (χ3n) is 2.77. The van der Waals surface area contributed by atoms with E-state index in [1.807, 2.05) is 25.1 Å². The van der Waals surface area contributed by atoms with Crippen LogP contribution in [0.3, 0.4) is 0 Å². The number of carbonyl (C=O) groups excluding carboxylic acids is 1. The lowest BCUT2D eigenvalue weighted by Crippen LogP contribution is -2.32. The van der Waals surface area contributed by atoms with Crippen molar-refractivity contribution < 1.29 is 14.7 Å². The maximum Gasteiger partial charge on any atom is 0.303 e. The monoisotopic (exact) mass is 264 g/mol. The van der Waals surface area contributed by atoms with Gasteiger partial charge in [-0.2, -0.15) is 0 Å². The highest BCUT2D eigenvalue weighted by Crippen LogP contribution is 2.02. The summed E-state index contributed by atoms with van der Waals surface area (Å²) in [7, 11) is 0. The first-order valence-electron chi connectivity index (χ1n) is 6.49. The second-order valence-electron chi connectivity index (χ2n) is 4.58. The predicted molar refractivity (Wildman–Crippen MR) is 71.6 cm³/mol. The van der Waals surface area contributed by atoms with Gasteiger partial charge in [-0.15, -0.1) is 0 Å². The zero-order chi connectivity index (χ0) is 14.1. The SMILES string of the molecule is CC(CCCC(=O)O)NC(=O)CCc1ccccn1. The number of amides is 1. The molecule has 5 nitrogen and oxygen atoms in total. The molecule has 1 aromatic heterocycles. The molecule has 2 N–H and O–H groups in total. The van der Waals surface area contributed by atoms with Gasteiger partial charge in [0.2, 0.25) is 5.91 Å². The van der Waals surface area contributed by atoms with Crippen molar-refractivity contribution in [3.63, 3.8) is 0 Å². The van der Waals surface area contributed by atoms with Crippen molar-refractivity contribution in [1.82, 2.24) is 10.3 Å². The maximum absolute atomic E-state index is 11.7. The summed E-state index contributed by atoms with van der Waals surface area (Å²) in [6.07, 6.45) is 4.14. The summed E-state index contributed by atoms with van der Waals surface area (Å²) < 4.78 is 0. The van der Waals surface area contributed by atoms with Crippen LogP contribution < -0.4 is 5.32 Å². The lowest BCUT2D eigenvalue weighted by molar-refractivity contribution is -0.137. The zero-order valence-corrected chi connectivity index (χ0v) is 11.1. The Morgan fingerprint density at radius 2 is 2.16 bits per heavy atom. The van der Waals surface area contributed by atoms with Crippen LogP contribution >= 0.6 is 0 Å². The number of carboxylic acids is 1. The molecule has 0 aliphatic heterocycles. The average molecular weight is 264 g/mol. The van der Waals surface area contributed by atoms with Gasteiger partial charge in [0.05, 0.1) is 0 Å². The topological polar surface area (TPSA) is 79.3 Å². The van der Waals surface area contributed by atoms with Gasteiger partial charge in [-0.25, -0.2) is 0 Å². The zero-order valence-electron chi connectivity index (χ0n) is 11.1. The summed E-state index contributed by atoms with van der Waals surface area (Å²) in [6.45, 7) is 1.89. The number of carbonyl (C=O) groups is 2. The van der Waals surface area contributed by atoms with Crippen LogP contribution in [0.4, 0.5) is 0 Å². The molecular formula is C14H20N2O3. The fraction of sp³-hybridized carbons (Fsp3) is 0.500. The van der Waals surface area contributed by atoms with Crippen LogP contribution in [0.15, 0.2) is 24.4 Å². The number of aliphatic carboxylic acids is 1. The van der Waals surface area contributed by atoms with Crippen molar-refractivity contribution in [2.24, 2.45) is 0 Å². The summed E-state index contributed by atoms with van der Waals surface area (Å²) >= 11 is 0. The Morgan fingerprint density at radius 1 is 1.37 bits per heavy atom. The minimum absolute atomic E-state index is 0.00980. The maximum atomic E-state index is 11.7. The molecule has 0 saturated carbocycles. The van der Waals surface area contributed by atoms with E-state index in [0.717, 1.165) is 5.69 Å². The summed E-state index contributed by atoms with van der Waals surface area (Å²) in [6, 6.07) is 5.64. The summed E-state index contributed by atoms with van der Waals surface area (Å²) in [5.74, 6) is -0.817. The van der Waals surface area contributed by atoms with Crippen molar-refractivity contribution in [1.29, 1.82) is 0 Å². The van der Waals surface area contributed by atoms with Crippen LogP contribution in [0.25, 0.3) is 0 Å². The molecule has 0 spiro atoms. The number of rotatable bonds is 8. The Morgan fingerprint density at radius 3 is 2.79 bits per heavy atom. The van der Waals surface area contributed by atoms with Crippen LogP contribution in [0.5, 0.6) is 0 Å². The molecule has 1 heterocycles. The summed E-state index contributed by atoms with van der Waals surface area (Å²) in [5, 5.41) is 11.4. The largest absolute Gasteiger partial charge is 0.481 e. The van der Waals surface area contributed by atoms with Crippen molar-refractivity contribution in [2.75, 3.05) is 0 Å². The van der Waals surface area contributed by atoms with Gasteiger partial charge < -0.3 is 10.4 Å². The first-order chi connectivity index (χ1) is 9.08. The van der Waals surface area contributed by atoms with E-state index in [9.17, 15) is 9.59 Å². The Labute approximate surface area is 113 Å². The number of nitrogens with one attached hydrogen (secondary N) is 1. The van der Waals surface area contributed by atoms with Gasteiger partial charge in [-0.3, -0.25) is 14.6 Å². The van der Waals surface area contributed by atoms with Crippen LogP contribution in [-0.2, 0) is 16.0 Å². The molecule has 0 aliphatic carbocycles. The molecule has 0 fully saturated rings. The molecule has 1 unspecified atom stereocenters. The second kappa shape index (κ2) is 8.24. The van der Waals surface area contributed by atoms with E-state index in [-0.39, 0.29) is 18.4 Å². The molecule has 1 amide bonds. The Kier molecular flexibility index (Phi) is 6.57. The second-order valence-corrected chi connectivity index (χ2v) is 4.58. The fourth-order valence-corrected chi connectivity index (χ4v) is 1.77. The molecule has 0 bridgehead atoms. The summed E-state index contributed by atoms with van der Waals surface area (Å²) in [4.78, 5) is 26.2. The highest BCUT2D eigenvalue weighted by molar-refractivity contribution is 5.76. The molecule has 1 rings (SSSR count). The van der Waals surface area contributed by atoms with E-state index in [1.54, 1.807) is 6.20 Å². The smallest absolute Gasteiger partial charge is 0.303 e. The fourth-order valence-electron chi connectivity index (χ4n) is 1.77. The molecule has 19 heavy (non-hydrogen) atoms. The van der Waals surface area contributed by atoms with E-state index < -0.39 is 5.97 Å². The first-order valence-corrected chi connectivity index (χ1v) is 6.49. The Balaban J connectivity index is 2.18. The lowest BCUT2D eigenvalue weighted by atomic mass is 10.1. The molecule has 104 valence electrons. The van der Waals surface area contributed by atoms with Crippen molar-refractivity contribution in [3.8, 4) is 0 Å². The Hall–Kier alpha value is -1.91. The van der Waals surface area contributed by atoms with Gasteiger partial charge in [0, 0.05) is 30.8 Å². The van der Waals surface area contributed by atoms with E-state index in [1.165, 1.54) is 0 Å².